The van der Waals surface area contributed by atoms with Crippen LogP contribution in [0.25, 0.3) is 0 Å². The van der Waals surface area contributed by atoms with Crippen molar-refractivity contribution in [1.82, 2.24) is 5.43 Å². The lowest BCUT2D eigenvalue weighted by molar-refractivity contribution is -0.145. The molecule has 0 amide bonds. The van der Waals surface area contributed by atoms with E-state index in [1.165, 1.54) is 7.11 Å². The lowest BCUT2D eigenvalue weighted by atomic mass is 9.93. The summed E-state index contributed by atoms with van der Waals surface area (Å²) >= 11 is 0. The molecule has 0 spiro atoms. The predicted octanol–water partition coefficient (Wildman–Crippen LogP) is 0.391. The number of carbonyl (C=O) groups excluding carboxylic acids is 2. The molecule has 0 radical (unpaired) electrons. The smallest absolute Gasteiger partial charge is 0.354 e. The van der Waals surface area contributed by atoms with E-state index < -0.39 is 30.3 Å². The van der Waals surface area contributed by atoms with Gasteiger partial charge < -0.3 is 14.0 Å². The number of methoxy groups -OCH3 is 1. The van der Waals surface area contributed by atoms with Gasteiger partial charge in [0.25, 0.3) is 0 Å². The minimum atomic E-state index is -2.85. The molecule has 0 aliphatic carbocycles. The fourth-order valence-electron chi connectivity index (χ4n) is 2.76. The van der Waals surface area contributed by atoms with E-state index in [1.54, 1.807) is 13.6 Å². The fraction of sp³-hybridized carbons (Fsp3) is 0.727. The van der Waals surface area contributed by atoms with Crippen LogP contribution >= 0.6 is 7.14 Å². The van der Waals surface area contributed by atoms with Crippen molar-refractivity contribution in [2.45, 2.75) is 18.6 Å². The van der Waals surface area contributed by atoms with E-state index in [1.807, 2.05) is 0 Å². The normalized spacial score (nSPS) is 36.2. The Balaban J connectivity index is 2.39. The van der Waals surface area contributed by atoms with Crippen LogP contribution in [0.15, 0.2) is 5.10 Å². The van der Waals surface area contributed by atoms with Crippen molar-refractivity contribution in [3.63, 3.8) is 0 Å². The molecular formula is C11H17N2O5P. The Morgan fingerprint density at radius 3 is 2.84 bits per heavy atom. The molecule has 0 saturated carbocycles. The van der Waals surface area contributed by atoms with Crippen LogP contribution < -0.4 is 5.43 Å². The van der Waals surface area contributed by atoms with E-state index in [9.17, 15) is 14.2 Å². The monoisotopic (exact) mass is 288 g/mol. The Bertz CT molecular complexity index is 503. The summed E-state index contributed by atoms with van der Waals surface area (Å²) < 4.78 is 22.4. The van der Waals surface area contributed by atoms with Gasteiger partial charge in [0, 0.05) is 6.16 Å². The minimum absolute atomic E-state index is 0.131. The molecule has 0 aromatic heterocycles. The Morgan fingerprint density at radius 2 is 2.26 bits per heavy atom. The van der Waals surface area contributed by atoms with E-state index in [0.29, 0.717) is 12.6 Å². The van der Waals surface area contributed by atoms with Crippen LogP contribution in [0.5, 0.6) is 0 Å². The molecule has 1 saturated heterocycles. The second kappa shape index (κ2) is 4.63. The minimum Gasteiger partial charge on any atom is -0.467 e. The molecule has 0 bridgehead atoms. The third-order valence-electron chi connectivity index (χ3n) is 3.75. The number of esters is 2. The molecule has 2 heterocycles. The Kier molecular flexibility index (Phi) is 3.43. The fourth-order valence-corrected chi connectivity index (χ4v) is 5.51. The Labute approximate surface area is 111 Å². The maximum absolute atomic E-state index is 12.7. The van der Waals surface area contributed by atoms with Gasteiger partial charge in [-0.2, -0.15) is 5.10 Å². The average molecular weight is 288 g/mol. The highest BCUT2D eigenvalue weighted by molar-refractivity contribution is 7.66. The number of hydrogen-bond acceptors (Lipinski definition) is 7. The van der Waals surface area contributed by atoms with Gasteiger partial charge in [0.05, 0.1) is 19.6 Å². The Hall–Kier alpha value is -1.36. The molecule has 1 N–H and O–H groups in total. The van der Waals surface area contributed by atoms with E-state index >= 15 is 0 Å². The van der Waals surface area contributed by atoms with Crippen molar-refractivity contribution in [3.05, 3.63) is 0 Å². The maximum Gasteiger partial charge on any atom is 0.354 e. The maximum atomic E-state index is 12.7. The standard InChI is InChI=1S/C11H17N2O5P/c1-4-18-9(14)8-7-5-6-19(3,16)11(7,13-12-8)10(15)17-2/h7,13H,4-6H2,1-3H3. The number of nitrogens with zero attached hydrogens (tertiary/aromatic N) is 1. The van der Waals surface area contributed by atoms with Crippen LogP contribution in [0.1, 0.15) is 13.3 Å². The lowest BCUT2D eigenvalue weighted by Crippen LogP contribution is -2.51. The summed E-state index contributed by atoms with van der Waals surface area (Å²) in [5.41, 5.74) is 2.74. The zero-order chi connectivity index (χ0) is 14.3. The Morgan fingerprint density at radius 1 is 1.58 bits per heavy atom. The second-order valence-electron chi connectivity index (χ2n) is 4.75. The van der Waals surface area contributed by atoms with Gasteiger partial charge in [-0.05, 0) is 20.0 Å². The highest BCUT2D eigenvalue weighted by Gasteiger charge is 2.67. The van der Waals surface area contributed by atoms with Crippen molar-refractivity contribution in [2.24, 2.45) is 11.0 Å². The molecule has 2 aliphatic rings. The van der Waals surface area contributed by atoms with Crippen molar-refractivity contribution in [3.8, 4) is 0 Å². The lowest BCUT2D eigenvalue weighted by Gasteiger charge is -2.29. The first-order valence-electron chi connectivity index (χ1n) is 6.07. The second-order valence-corrected chi connectivity index (χ2v) is 8.11. The van der Waals surface area contributed by atoms with Crippen LogP contribution in [0, 0.1) is 5.92 Å². The van der Waals surface area contributed by atoms with Gasteiger partial charge in [-0.1, -0.05) is 0 Å². The van der Waals surface area contributed by atoms with E-state index in [4.69, 9.17) is 9.47 Å². The van der Waals surface area contributed by atoms with E-state index in [2.05, 4.69) is 10.5 Å². The first kappa shape index (κ1) is 14.1. The van der Waals surface area contributed by atoms with Gasteiger partial charge in [0.15, 0.2) is 5.71 Å². The number of rotatable bonds is 3. The third kappa shape index (κ3) is 1.79. The summed E-state index contributed by atoms with van der Waals surface area (Å²) in [4.78, 5) is 23.9. The molecule has 0 aromatic carbocycles. The van der Waals surface area contributed by atoms with Crippen molar-refractivity contribution in [1.29, 1.82) is 0 Å². The number of carbonyl (C=O) groups is 2. The molecule has 7 nitrogen and oxygen atoms in total. The molecule has 1 fully saturated rings. The van der Waals surface area contributed by atoms with Crippen LogP contribution in [0.4, 0.5) is 0 Å². The number of fused-ring (bicyclic) bond motifs is 1. The summed E-state index contributed by atoms with van der Waals surface area (Å²) in [6.07, 6.45) is 0.825. The first-order chi connectivity index (χ1) is 8.90. The highest BCUT2D eigenvalue weighted by atomic mass is 31.2. The largest absolute Gasteiger partial charge is 0.467 e. The third-order valence-corrected chi connectivity index (χ3v) is 6.95. The van der Waals surface area contributed by atoms with Gasteiger partial charge in [-0.25, -0.2) is 9.59 Å². The van der Waals surface area contributed by atoms with Crippen LogP contribution in [-0.4, -0.2) is 49.5 Å². The molecular weight excluding hydrogens is 271 g/mol. The molecule has 8 heteroatoms. The van der Waals surface area contributed by atoms with E-state index in [-0.39, 0.29) is 12.3 Å². The molecule has 106 valence electrons. The topological polar surface area (TPSA) is 94.1 Å². The summed E-state index contributed by atoms with van der Waals surface area (Å²) in [6.45, 7) is 3.45. The van der Waals surface area contributed by atoms with E-state index in [0.717, 1.165) is 0 Å². The molecule has 19 heavy (non-hydrogen) atoms. The zero-order valence-electron chi connectivity index (χ0n) is 11.1. The SMILES string of the molecule is CCOC(=O)C1=NNC2(C(=O)OC)C1CCP2(C)=O. The molecule has 0 aromatic rings. The highest BCUT2D eigenvalue weighted by Crippen LogP contribution is 2.65. The van der Waals surface area contributed by atoms with Crippen LogP contribution in [0.3, 0.4) is 0 Å². The number of nitrogens with one attached hydrogen (secondary N) is 1. The summed E-state index contributed by atoms with van der Waals surface area (Å²) in [5, 5.41) is 2.50. The van der Waals surface area contributed by atoms with Gasteiger partial charge in [0.1, 0.15) is 7.14 Å². The van der Waals surface area contributed by atoms with Crippen molar-refractivity contribution in [2.75, 3.05) is 26.5 Å². The first-order valence-corrected chi connectivity index (χ1v) is 8.41. The summed E-state index contributed by atoms with van der Waals surface area (Å²) in [6, 6.07) is 0. The molecule has 2 rings (SSSR count). The summed E-state index contributed by atoms with van der Waals surface area (Å²) in [5.74, 6) is -1.76. The number of ether oxygens (including phenoxy) is 2. The molecule has 3 unspecified atom stereocenters. The van der Waals surface area contributed by atoms with Crippen molar-refractivity contribution >= 4 is 24.8 Å². The van der Waals surface area contributed by atoms with Gasteiger partial charge in [0.2, 0.25) is 5.28 Å². The van der Waals surface area contributed by atoms with Gasteiger partial charge in [-0.15, -0.1) is 0 Å². The predicted molar refractivity (Wildman–Crippen MR) is 68.5 cm³/mol. The quantitative estimate of drug-likeness (QED) is 0.596. The number of hydrogen-bond donors (Lipinski definition) is 1. The molecule has 2 aliphatic heterocycles. The number of hydrazone groups is 1. The van der Waals surface area contributed by atoms with Gasteiger partial charge >= 0.3 is 11.9 Å². The average Bonchev–Trinajstić information content (AvgIpc) is 2.87. The van der Waals surface area contributed by atoms with Crippen LogP contribution in [-0.2, 0) is 23.6 Å². The van der Waals surface area contributed by atoms with Gasteiger partial charge in [-0.3, -0.25) is 5.43 Å². The van der Waals surface area contributed by atoms with Crippen LogP contribution in [0.2, 0.25) is 0 Å². The summed E-state index contributed by atoms with van der Waals surface area (Å²) in [7, 11) is -1.62. The van der Waals surface area contributed by atoms with Crippen molar-refractivity contribution < 1.29 is 23.6 Å². The zero-order valence-corrected chi connectivity index (χ0v) is 12.0. The molecule has 3 atom stereocenters.